The summed E-state index contributed by atoms with van der Waals surface area (Å²) in [5.41, 5.74) is -0.418. The number of nitriles is 1. The summed E-state index contributed by atoms with van der Waals surface area (Å²) in [5.74, 6) is -0.705. The Balaban J connectivity index is 2.02. The van der Waals surface area contributed by atoms with Gasteiger partial charge < -0.3 is 13.8 Å². The molecule has 0 aliphatic carbocycles. The van der Waals surface area contributed by atoms with E-state index in [1.165, 1.54) is 10.9 Å². The summed E-state index contributed by atoms with van der Waals surface area (Å²) in [6.45, 7) is 13.3. The van der Waals surface area contributed by atoms with E-state index in [0.29, 0.717) is 6.42 Å². The number of hydrogen-bond acceptors (Lipinski definition) is 9. The van der Waals surface area contributed by atoms with Crippen LogP contribution in [0, 0.1) is 17.2 Å². The number of hydrogen-bond donors (Lipinski definition) is 2. The first-order valence-electron chi connectivity index (χ1n) is 12.8. The number of anilines is 1. The lowest BCUT2D eigenvalue weighted by atomic mass is 10.1. The first-order valence-corrected chi connectivity index (χ1v) is 13.9. The molecule has 3 rings (SSSR count). The van der Waals surface area contributed by atoms with Gasteiger partial charge in [-0.1, -0.05) is 20.8 Å². The number of imidazole rings is 1. The fraction of sp³-hybridized carbons (Fsp3) is 0.708. The van der Waals surface area contributed by atoms with Crippen molar-refractivity contribution in [3.63, 3.8) is 0 Å². The summed E-state index contributed by atoms with van der Waals surface area (Å²) >= 11 is 0. The first-order chi connectivity index (χ1) is 18.0. The predicted octanol–water partition coefficient (Wildman–Crippen LogP) is 4.02. The van der Waals surface area contributed by atoms with Gasteiger partial charge in [0.1, 0.15) is 6.10 Å². The van der Waals surface area contributed by atoms with E-state index in [2.05, 4.69) is 26.3 Å². The number of H-pyrrole nitrogens is 1. The number of halogens is 1. The molecule has 0 aromatic carbocycles. The van der Waals surface area contributed by atoms with E-state index in [1.807, 2.05) is 39.3 Å². The van der Waals surface area contributed by atoms with Crippen LogP contribution in [0.5, 0.6) is 0 Å². The fourth-order valence-corrected chi connectivity index (χ4v) is 5.92. The second-order valence-corrected chi connectivity index (χ2v) is 11.3. The number of rotatable bonds is 12. The van der Waals surface area contributed by atoms with Gasteiger partial charge in [-0.05, 0) is 34.1 Å². The molecule has 1 fully saturated rings. The maximum atomic E-state index is 15.8. The average Bonchev–Trinajstić information content (AvgIpc) is 3.39. The summed E-state index contributed by atoms with van der Waals surface area (Å²) in [6.07, 6.45) is -2.48. The van der Waals surface area contributed by atoms with Crippen LogP contribution in [0.15, 0.2) is 11.1 Å². The molecule has 1 aliphatic heterocycles. The summed E-state index contributed by atoms with van der Waals surface area (Å²) in [4.78, 5) is 36.0. The Bertz CT molecular complexity index is 1190. The first kappa shape index (κ1) is 30.1. The molecule has 0 saturated carbocycles. The highest BCUT2D eigenvalue weighted by Gasteiger charge is 2.49. The van der Waals surface area contributed by atoms with Crippen molar-refractivity contribution < 1.29 is 23.0 Å². The molecule has 38 heavy (non-hydrogen) atoms. The summed E-state index contributed by atoms with van der Waals surface area (Å²) in [6, 6.07) is 2.09. The fourth-order valence-electron chi connectivity index (χ4n) is 4.19. The third-order valence-corrected chi connectivity index (χ3v) is 8.14. The largest absolute Gasteiger partial charge is 0.349 e. The van der Waals surface area contributed by atoms with E-state index in [4.69, 9.17) is 19.0 Å². The van der Waals surface area contributed by atoms with E-state index in [0.717, 1.165) is 0 Å². The SMILES string of the molecule is CC[C@H]1O[C@@H](n2cnc3c(=O)[nH]c(NC(=O)C(C)C)nc32)[C@H](OP(OCCC#N)N(C(C)C)C(C)C)[C@@H]1F. The molecule has 2 aromatic rings. The molecular weight excluding hydrogens is 516 g/mol. The van der Waals surface area contributed by atoms with Crippen LogP contribution in [-0.4, -0.2) is 67.2 Å². The molecule has 5 atom stereocenters. The number of nitrogens with zero attached hydrogens (tertiary/aromatic N) is 5. The number of ether oxygens (including phenoxy) is 1. The van der Waals surface area contributed by atoms with Crippen molar-refractivity contribution >= 4 is 31.5 Å². The van der Waals surface area contributed by atoms with Gasteiger partial charge in [0.2, 0.25) is 11.9 Å². The molecule has 0 bridgehead atoms. The van der Waals surface area contributed by atoms with Gasteiger partial charge in [-0.15, -0.1) is 0 Å². The van der Waals surface area contributed by atoms with Crippen molar-refractivity contribution in [1.29, 1.82) is 5.26 Å². The predicted molar refractivity (Wildman–Crippen MR) is 141 cm³/mol. The number of aromatic nitrogens is 4. The summed E-state index contributed by atoms with van der Waals surface area (Å²) in [5, 5.41) is 11.6. The van der Waals surface area contributed by atoms with E-state index in [1.54, 1.807) is 13.8 Å². The molecule has 0 spiro atoms. The standard InChI is InChI=1S/C24H37FN7O5P/c1-8-16-17(25)19(37-38(35-11-9-10-26)32(14(4)5)15(6)7)23(36-16)31-12-27-18-20(31)28-24(30-22(18)34)29-21(33)13(2)3/h12-17,19,23H,8-9,11H2,1-7H3,(H2,28,29,30,33,34)/t16-,17-,19-,23-,38?/m1/s1. The third-order valence-electron chi connectivity index (χ3n) is 6.01. The zero-order chi connectivity index (χ0) is 28.1. The minimum absolute atomic E-state index is 0.0174. The van der Waals surface area contributed by atoms with Crippen LogP contribution in [0.4, 0.5) is 10.3 Å². The number of carbonyl (C=O) groups is 1. The number of carbonyl (C=O) groups excluding carboxylic acids is 1. The number of amides is 1. The Morgan fingerprint density at radius 2 is 2.03 bits per heavy atom. The van der Waals surface area contributed by atoms with Crippen LogP contribution in [0.25, 0.3) is 11.2 Å². The maximum Gasteiger partial charge on any atom is 0.280 e. The summed E-state index contributed by atoms with van der Waals surface area (Å²) in [7, 11) is -1.77. The van der Waals surface area contributed by atoms with Crippen LogP contribution in [0.3, 0.4) is 0 Å². The van der Waals surface area contributed by atoms with Gasteiger partial charge in [0, 0.05) is 18.0 Å². The number of aromatic amines is 1. The van der Waals surface area contributed by atoms with Crippen molar-refractivity contribution in [3.05, 3.63) is 16.7 Å². The lowest BCUT2D eigenvalue weighted by molar-refractivity contribution is -0.118. The maximum absolute atomic E-state index is 15.8. The quantitative estimate of drug-likeness (QED) is 0.294. The zero-order valence-electron chi connectivity index (χ0n) is 22.8. The molecule has 1 aliphatic rings. The average molecular weight is 554 g/mol. The molecule has 3 heterocycles. The van der Waals surface area contributed by atoms with Gasteiger partial charge in [-0.3, -0.25) is 24.5 Å². The molecule has 1 unspecified atom stereocenters. The Hall–Kier alpha value is -2.49. The number of fused-ring (bicyclic) bond motifs is 1. The zero-order valence-corrected chi connectivity index (χ0v) is 23.7. The van der Waals surface area contributed by atoms with Gasteiger partial charge in [-0.25, -0.2) is 14.0 Å². The monoisotopic (exact) mass is 553 g/mol. The van der Waals surface area contributed by atoms with Crippen molar-refractivity contribution in [3.8, 4) is 6.07 Å². The van der Waals surface area contributed by atoms with Gasteiger partial charge in [0.05, 0.1) is 31.5 Å². The van der Waals surface area contributed by atoms with E-state index in [-0.39, 0.29) is 54.0 Å². The van der Waals surface area contributed by atoms with Gasteiger partial charge >= 0.3 is 0 Å². The highest BCUT2D eigenvalue weighted by Crippen LogP contribution is 2.51. The van der Waals surface area contributed by atoms with Crippen LogP contribution in [-0.2, 0) is 18.6 Å². The van der Waals surface area contributed by atoms with E-state index >= 15 is 4.39 Å². The third kappa shape index (κ3) is 6.55. The molecule has 1 amide bonds. The van der Waals surface area contributed by atoms with Crippen LogP contribution < -0.4 is 10.9 Å². The van der Waals surface area contributed by atoms with Gasteiger partial charge in [0.15, 0.2) is 23.6 Å². The highest BCUT2D eigenvalue weighted by molar-refractivity contribution is 7.44. The number of nitrogens with one attached hydrogen (secondary N) is 2. The van der Waals surface area contributed by atoms with Crippen molar-refractivity contribution in [2.75, 3.05) is 11.9 Å². The Kier molecular flexibility index (Phi) is 10.3. The second-order valence-electron chi connectivity index (χ2n) is 9.92. The molecule has 1 saturated heterocycles. The minimum atomic E-state index is -1.77. The van der Waals surface area contributed by atoms with Crippen LogP contribution in [0.1, 0.15) is 67.5 Å². The van der Waals surface area contributed by atoms with Crippen LogP contribution in [0.2, 0.25) is 0 Å². The van der Waals surface area contributed by atoms with Crippen molar-refractivity contribution in [1.82, 2.24) is 24.2 Å². The van der Waals surface area contributed by atoms with E-state index in [9.17, 15) is 9.59 Å². The molecule has 14 heteroatoms. The molecule has 0 radical (unpaired) electrons. The molecule has 210 valence electrons. The number of alkyl halides is 1. The van der Waals surface area contributed by atoms with Crippen LogP contribution >= 0.6 is 8.53 Å². The topological polar surface area (TPSA) is 147 Å². The molecular formula is C24H37FN7O5P. The molecule has 2 aromatic heterocycles. The minimum Gasteiger partial charge on any atom is -0.349 e. The highest BCUT2D eigenvalue weighted by atomic mass is 31.2. The normalized spacial score (nSPS) is 22.6. The van der Waals surface area contributed by atoms with E-state index < -0.39 is 38.7 Å². The Labute approximate surface area is 222 Å². The van der Waals surface area contributed by atoms with Gasteiger partial charge in [-0.2, -0.15) is 10.2 Å². The Morgan fingerprint density at radius 3 is 2.61 bits per heavy atom. The molecule has 12 nitrogen and oxygen atoms in total. The lowest BCUT2D eigenvalue weighted by Crippen LogP contribution is -2.37. The molecule has 2 N–H and O–H groups in total. The van der Waals surface area contributed by atoms with Crippen molar-refractivity contribution in [2.45, 2.75) is 98.0 Å². The summed E-state index contributed by atoms with van der Waals surface area (Å²) < 4.78 is 37.7. The lowest BCUT2D eigenvalue weighted by Gasteiger charge is -2.37. The Morgan fingerprint density at radius 1 is 1.34 bits per heavy atom. The van der Waals surface area contributed by atoms with Gasteiger partial charge in [0.25, 0.3) is 14.1 Å². The smallest absolute Gasteiger partial charge is 0.280 e. The van der Waals surface area contributed by atoms with Crippen molar-refractivity contribution in [2.24, 2.45) is 5.92 Å². The second kappa shape index (κ2) is 13.0.